The van der Waals surface area contributed by atoms with Crippen LogP contribution in [0.5, 0.6) is 0 Å². The third kappa shape index (κ3) is 1.93. The second-order valence-electron chi connectivity index (χ2n) is 4.83. The van der Waals surface area contributed by atoms with Gasteiger partial charge in [-0.3, -0.25) is 4.68 Å². The van der Waals surface area contributed by atoms with Crippen LogP contribution in [0.3, 0.4) is 0 Å². The van der Waals surface area contributed by atoms with Crippen LogP contribution in [-0.4, -0.2) is 15.8 Å². The Hall–Kier alpha value is -0.830. The molecule has 0 radical (unpaired) electrons. The molecular formula is C12H21N3. The van der Waals surface area contributed by atoms with E-state index in [9.17, 15) is 0 Å². The largest absolute Gasteiger partial charge is 0.328 e. The fourth-order valence-electron chi connectivity index (χ4n) is 2.74. The maximum absolute atomic E-state index is 5.93. The first-order valence-electron chi connectivity index (χ1n) is 5.85. The molecule has 2 N–H and O–H groups in total. The van der Waals surface area contributed by atoms with E-state index in [2.05, 4.69) is 30.7 Å². The second-order valence-corrected chi connectivity index (χ2v) is 4.83. The summed E-state index contributed by atoms with van der Waals surface area (Å²) in [5.41, 5.74) is 9.91. The lowest BCUT2D eigenvalue weighted by Gasteiger charge is -2.26. The van der Waals surface area contributed by atoms with Gasteiger partial charge in [0.2, 0.25) is 0 Å². The molecule has 0 aliphatic heterocycles. The quantitative estimate of drug-likeness (QED) is 0.765. The van der Waals surface area contributed by atoms with Gasteiger partial charge in [-0.1, -0.05) is 0 Å². The third-order valence-corrected chi connectivity index (χ3v) is 3.73. The molecule has 0 unspecified atom stereocenters. The molecule has 1 aliphatic rings. The normalized spacial score (nSPS) is 26.9. The van der Waals surface area contributed by atoms with Gasteiger partial charge in [-0.05, 0) is 45.1 Å². The number of hydrogen-bond acceptors (Lipinski definition) is 2. The maximum Gasteiger partial charge on any atom is 0.0625 e. The van der Waals surface area contributed by atoms with Gasteiger partial charge in [-0.25, -0.2) is 0 Å². The van der Waals surface area contributed by atoms with Crippen LogP contribution in [0.2, 0.25) is 0 Å². The van der Waals surface area contributed by atoms with E-state index in [1.54, 1.807) is 0 Å². The van der Waals surface area contributed by atoms with E-state index in [0.717, 1.165) is 12.8 Å². The minimum absolute atomic E-state index is 0.427. The molecule has 1 aromatic heterocycles. The van der Waals surface area contributed by atoms with Gasteiger partial charge < -0.3 is 5.73 Å². The zero-order valence-corrected chi connectivity index (χ0v) is 9.95. The molecule has 0 aromatic carbocycles. The average Bonchev–Trinajstić information content (AvgIpc) is 2.44. The second kappa shape index (κ2) is 3.97. The van der Waals surface area contributed by atoms with Crippen molar-refractivity contribution < 1.29 is 0 Å². The van der Waals surface area contributed by atoms with Gasteiger partial charge in [0.25, 0.3) is 0 Å². The van der Waals surface area contributed by atoms with E-state index in [0.29, 0.717) is 12.0 Å². The summed E-state index contributed by atoms with van der Waals surface area (Å²) in [6.07, 6.45) is 4.77. The van der Waals surface area contributed by atoms with Crippen LogP contribution in [0.1, 0.15) is 48.6 Å². The molecule has 3 nitrogen and oxygen atoms in total. The van der Waals surface area contributed by atoms with Gasteiger partial charge in [0, 0.05) is 24.7 Å². The smallest absolute Gasteiger partial charge is 0.0625 e. The van der Waals surface area contributed by atoms with Crippen LogP contribution >= 0.6 is 0 Å². The Morgan fingerprint density at radius 3 is 2.27 bits per heavy atom. The Morgan fingerprint density at radius 2 is 1.80 bits per heavy atom. The van der Waals surface area contributed by atoms with Crippen molar-refractivity contribution >= 4 is 0 Å². The highest BCUT2D eigenvalue weighted by atomic mass is 15.3. The molecule has 15 heavy (non-hydrogen) atoms. The van der Waals surface area contributed by atoms with Crippen LogP contribution in [0.15, 0.2) is 0 Å². The summed E-state index contributed by atoms with van der Waals surface area (Å²) in [6, 6.07) is 0.427. The highest BCUT2D eigenvalue weighted by Gasteiger charge is 2.24. The number of rotatable bonds is 1. The topological polar surface area (TPSA) is 43.8 Å². The fraction of sp³-hybridized carbons (Fsp3) is 0.750. The monoisotopic (exact) mass is 207 g/mol. The van der Waals surface area contributed by atoms with Crippen LogP contribution in [0.4, 0.5) is 0 Å². The minimum atomic E-state index is 0.427. The van der Waals surface area contributed by atoms with E-state index in [4.69, 9.17) is 5.73 Å². The molecular weight excluding hydrogens is 186 g/mol. The summed E-state index contributed by atoms with van der Waals surface area (Å²) < 4.78 is 2.06. The van der Waals surface area contributed by atoms with Crippen LogP contribution in [-0.2, 0) is 7.05 Å². The van der Waals surface area contributed by atoms with Gasteiger partial charge in [0.05, 0.1) is 5.69 Å². The Kier molecular flexibility index (Phi) is 2.83. The molecule has 1 saturated carbocycles. The average molecular weight is 207 g/mol. The number of nitrogens with two attached hydrogens (primary N) is 1. The molecule has 2 rings (SSSR count). The molecule has 0 spiro atoms. The van der Waals surface area contributed by atoms with Crippen molar-refractivity contribution in [2.75, 3.05) is 0 Å². The molecule has 0 saturated heterocycles. The SMILES string of the molecule is Cc1nn(C)c(C2CCC(N)CC2)c1C. The van der Waals surface area contributed by atoms with Gasteiger partial charge in [0.15, 0.2) is 0 Å². The molecule has 3 heteroatoms. The molecule has 84 valence electrons. The zero-order chi connectivity index (χ0) is 11.0. The predicted octanol–water partition coefficient (Wildman–Crippen LogP) is 2.02. The maximum atomic E-state index is 5.93. The molecule has 1 aliphatic carbocycles. The van der Waals surface area contributed by atoms with Crippen molar-refractivity contribution in [1.29, 1.82) is 0 Å². The number of aryl methyl sites for hydroxylation is 2. The minimum Gasteiger partial charge on any atom is -0.328 e. The lowest BCUT2D eigenvalue weighted by atomic mass is 9.83. The summed E-state index contributed by atoms with van der Waals surface area (Å²) in [7, 11) is 2.06. The van der Waals surface area contributed by atoms with Crippen molar-refractivity contribution in [2.24, 2.45) is 12.8 Å². The molecule has 0 atom stereocenters. The van der Waals surface area contributed by atoms with Crippen LogP contribution in [0.25, 0.3) is 0 Å². The lowest BCUT2D eigenvalue weighted by molar-refractivity contribution is 0.381. The molecule has 0 bridgehead atoms. The van der Waals surface area contributed by atoms with Crippen LogP contribution in [0, 0.1) is 13.8 Å². The van der Waals surface area contributed by atoms with E-state index >= 15 is 0 Å². The highest BCUT2D eigenvalue weighted by molar-refractivity contribution is 5.27. The summed E-state index contributed by atoms with van der Waals surface area (Å²) >= 11 is 0. The molecule has 1 aromatic rings. The first-order valence-corrected chi connectivity index (χ1v) is 5.85. The van der Waals surface area contributed by atoms with Gasteiger partial charge in [-0.2, -0.15) is 5.10 Å². The Labute approximate surface area is 91.7 Å². The Balaban J connectivity index is 2.22. The summed E-state index contributed by atoms with van der Waals surface area (Å²) in [5, 5.41) is 4.49. The van der Waals surface area contributed by atoms with Crippen LogP contribution < -0.4 is 5.73 Å². The number of aromatic nitrogens is 2. The third-order valence-electron chi connectivity index (χ3n) is 3.73. The van der Waals surface area contributed by atoms with Gasteiger partial charge in [-0.15, -0.1) is 0 Å². The van der Waals surface area contributed by atoms with E-state index < -0.39 is 0 Å². The van der Waals surface area contributed by atoms with Crippen molar-refractivity contribution in [1.82, 2.24) is 9.78 Å². The van der Waals surface area contributed by atoms with Gasteiger partial charge in [0.1, 0.15) is 0 Å². The standard InChI is InChI=1S/C12H21N3/c1-8-9(2)14-15(3)12(8)10-4-6-11(13)7-5-10/h10-11H,4-7,13H2,1-3H3. The highest BCUT2D eigenvalue weighted by Crippen LogP contribution is 2.34. The zero-order valence-electron chi connectivity index (χ0n) is 9.95. The molecule has 1 heterocycles. The van der Waals surface area contributed by atoms with Crippen molar-refractivity contribution in [3.63, 3.8) is 0 Å². The van der Waals surface area contributed by atoms with Crippen molar-refractivity contribution in [3.8, 4) is 0 Å². The van der Waals surface area contributed by atoms with E-state index in [1.165, 1.54) is 29.8 Å². The summed E-state index contributed by atoms with van der Waals surface area (Å²) in [5.74, 6) is 0.677. The Bertz CT molecular complexity index is 346. The van der Waals surface area contributed by atoms with Crippen molar-refractivity contribution in [3.05, 3.63) is 17.0 Å². The summed E-state index contributed by atoms with van der Waals surface area (Å²) in [6.45, 7) is 4.28. The van der Waals surface area contributed by atoms with E-state index in [1.807, 2.05) is 0 Å². The fourth-order valence-corrected chi connectivity index (χ4v) is 2.74. The Morgan fingerprint density at radius 1 is 1.20 bits per heavy atom. The first kappa shape index (κ1) is 10.7. The summed E-state index contributed by atoms with van der Waals surface area (Å²) in [4.78, 5) is 0. The number of hydrogen-bond donors (Lipinski definition) is 1. The molecule has 0 amide bonds. The first-order chi connectivity index (χ1) is 7.09. The number of nitrogens with zero attached hydrogens (tertiary/aromatic N) is 2. The lowest BCUT2D eigenvalue weighted by Crippen LogP contribution is -2.26. The van der Waals surface area contributed by atoms with Gasteiger partial charge >= 0.3 is 0 Å². The molecule has 1 fully saturated rings. The van der Waals surface area contributed by atoms with Crippen molar-refractivity contribution in [2.45, 2.75) is 51.5 Å². The predicted molar refractivity (Wildman–Crippen MR) is 61.9 cm³/mol. The van der Waals surface area contributed by atoms with E-state index in [-0.39, 0.29) is 0 Å².